The predicted molar refractivity (Wildman–Crippen MR) is 89.8 cm³/mol. The smallest absolute Gasteiger partial charge is 0.0391 e. The van der Waals surface area contributed by atoms with Crippen molar-refractivity contribution in [2.75, 3.05) is 0 Å². The maximum absolute atomic E-state index is 2.41. The summed E-state index contributed by atoms with van der Waals surface area (Å²) in [6.07, 6.45) is 15.3. The van der Waals surface area contributed by atoms with E-state index in [9.17, 15) is 0 Å². The third-order valence-electron chi connectivity index (χ3n) is 6.65. The lowest BCUT2D eigenvalue weighted by Crippen LogP contribution is -2.21. The quantitative estimate of drug-likeness (QED) is 0.525. The molecule has 0 amide bonds. The summed E-state index contributed by atoms with van der Waals surface area (Å²) in [4.78, 5) is 0. The van der Waals surface area contributed by atoms with Crippen LogP contribution in [0.15, 0.2) is 0 Å². The average Bonchev–Trinajstić information content (AvgIpc) is 2.46. The van der Waals surface area contributed by atoms with Gasteiger partial charge in [-0.25, -0.2) is 0 Å². The van der Waals surface area contributed by atoms with Gasteiger partial charge < -0.3 is 0 Å². The van der Waals surface area contributed by atoms with Crippen LogP contribution in [0.5, 0.6) is 0 Å². The zero-order chi connectivity index (χ0) is 14.5. The second kappa shape index (κ2) is 7.85. The molecule has 2 aliphatic rings. The van der Waals surface area contributed by atoms with Crippen molar-refractivity contribution < 1.29 is 0 Å². The SMILES string of the molecule is CC(C)C1CCC(CCC2CCC(C(C)C)CC2)CC1. The molecule has 2 rings (SSSR count). The van der Waals surface area contributed by atoms with Crippen molar-refractivity contribution in [3.05, 3.63) is 0 Å². The van der Waals surface area contributed by atoms with E-state index in [-0.39, 0.29) is 0 Å². The van der Waals surface area contributed by atoms with Crippen LogP contribution in [-0.4, -0.2) is 0 Å². The van der Waals surface area contributed by atoms with Gasteiger partial charge >= 0.3 is 0 Å². The van der Waals surface area contributed by atoms with Crippen LogP contribution in [0.2, 0.25) is 0 Å². The minimum Gasteiger partial charge on any atom is -0.0625 e. The summed E-state index contributed by atoms with van der Waals surface area (Å²) in [6, 6.07) is 0. The van der Waals surface area contributed by atoms with E-state index in [1.807, 2.05) is 0 Å². The summed E-state index contributed by atoms with van der Waals surface area (Å²) in [5, 5.41) is 0. The molecule has 2 aliphatic carbocycles. The molecule has 0 saturated heterocycles. The van der Waals surface area contributed by atoms with Crippen molar-refractivity contribution >= 4 is 0 Å². The molecule has 0 N–H and O–H groups in total. The van der Waals surface area contributed by atoms with Gasteiger partial charge in [0.25, 0.3) is 0 Å². The van der Waals surface area contributed by atoms with Crippen LogP contribution in [0.1, 0.15) is 91.9 Å². The van der Waals surface area contributed by atoms with Gasteiger partial charge in [-0.15, -0.1) is 0 Å². The summed E-state index contributed by atoms with van der Waals surface area (Å²) in [7, 11) is 0. The van der Waals surface area contributed by atoms with E-state index in [1.165, 1.54) is 51.4 Å². The fraction of sp³-hybridized carbons (Fsp3) is 1.00. The summed E-state index contributed by atoms with van der Waals surface area (Å²) in [6.45, 7) is 9.66. The first-order chi connectivity index (χ1) is 9.56. The molecule has 0 aromatic heterocycles. The number of rotatable bonds is 5. The Morgan fingerprint density at radius 2 is 0.850 bits per heavy atom. The van der Waals surface area contributed by atoms with Gasteiger partial charge in [-0.3, -0.25) is 0 Å². The van der Waals surface area contributed by atoms with Crippen LogP contribution in [0.3, 0.4) is 0 Å². The Labute approximate surface area is 128 Å². The number of hydrogen-bond donors (Lipinski definition) is 0. The molecular weight excluding hydrogens is 240 g/mol. The van der Waals surface area contributed by atoms with Crippen molar-refractivity contribution in [1.29, 1.82) is 0 Å². The first-order valence-electron chi connectivity index (χ1n) is 9.56. The first kappa shape index (κ1) is 16.4. The zero-order valence-corrected chi connectivity index (χ0v) is 14.5. The number of hydrogen-bond acceptors (Lipinski definition) is 0. The van der Waals surface area contributed by atoms with Crippen molar-refractivity contribution in [3.63, 3.8) is 0 Å². The van der Waals surface area contributed by atoms with Gasteiger partial charge in [0.2, 0.25) is 0 Å². The molecule has 0 aromatic rings. The lowest BCUT2D eigenvalue weighted by atomic mass is 9.72. The largest absolute Gasteiger partial charge is 0.0625 e. The Kier molecular flexibility index (Phi) is 6.43. The second-order valence-electron chi connectivity index (χ2n) is 8.63. The fourth-order valence-electron chi connectivity index (χ4n) is 4.76. The van der Waals surface area contributed by atoms with E-state index in [1.54, 1.807) is 12.8 Å². The minimum atomic E-state index is 0.919. The highest BCUT2D eigenvalue weighted by Crippen LogP contribution is 2.39. The highest BCUT2D eigenvalue weighted by Gasteiger charge is 2.26. The van der Waals surface area contributed by atoms with Crippen LogP contribution in [-0.2, 0) is 0 Å². The second-order valence-corrected chi connectivity index (χ2v) is 8.63. The van der Waals surface area contributed by atoms with Gasteiger partial charge in [0.1, 0.15) is 0 Å². The minimum absolute atomic E-state index is 0.919. The summed E-state index contributed by atoms with van der Waals surface area (Å²) in [5.41, 5.74) is 0. The standard InChI is InChI=1S/C20H38/c1-15(2)19-11-7-17(8-12-19)5-6-18-9-13-20(14-10-18)16(3)4/h15-20H,5-14H2,1-4H3. The Morgan fingerprint density at radius 3 is 1.10 bits per heavy atom. The molecule has 0 radical (unpaired) electrons. The molecule has 0 atom stereocenters. The summed E-state index contributed by atoms with van der Waals surface area (Å²) < 4.78 is 0. The maximum Gasteiger partial charge on any atom is -0.0391 e. The van der Waals surface area contributed by atoms with Crippen LogP contribution in [0.25, 0.3) is 0 Å². The molecule has 0 aliphatic heterocycles. The van der Waals surface area contributed by atoms with Gasteiger partial charge in [-0.1, -0.05) is 66.2 Å². The van der Waals surface area contributed by atoms with Crippen LogP contribution in [0.4, 0.5) is 0 Å². The van der Waals surface area contributed by atoms with Crippen molar-refractivity contribution in [2.24, 2.45) is 35.5 Å². The molecule has 0 nitrogen and oxygen atoms in total. The van der Waals surface area contributed by atoms with E-state index in [2.05, 4.69) is 27.7 Å². The lowest BCUT2D eigenvalue weighted by molar-refractivity contribution is 0.183. The zero-order valence-electron chi connectivity index (χ0n) is 14.5. The summed E-state index contributed by atoms with van der Waals surface area (Å²) in [5.74, 6) is 6.06. The normalized spacial score (nSPS) is 35.7. The van der Waals surface area contributed by atoms with Crippen LogP contribution < -0.4 is 0 Å². The van der Waals surface area contributed by atoms with E-state index < -0.39 is 0 Å². The lowest BCUT2D eigenvalue weighted by Gasteiger charge is -2.34. The average molecular weight is 279 g/mol. The maximum atomic E-state index is 2.41. The predicted octanol–water partition coefficient (Wildman–Crippen LogP) is 6.69. The third-order valence-corrected chi connectivity index (χ3v) is 6.65. The molecule has 20 heavy (non-hydrogen) atoms. The molecule has 0 bridgehead atoms. The molecule has 0 spiro atoms. The molecule has 2 fully saturated rings. The molecule has 0 heterocycles. The van der Waals surface area contributed by atoms with E-state index in [4.69, 9.17) is 0 Å². The molecule has 0 unspecified atom stereocenters. The van der Waals surface area contributed by atoms with Crippen molar-refractivity contribution in [2.45, 2.75) is 91.9 Å². The Balaban J connectivity index is 1.60. The Morgan fingerprint density at radius 1 is 0.550 bits per heavy atom. The molecule has 0 heteroatoms. The molecule has 118 valence electrons. The van der Waals surface area contributed by atoms with E-state index in [0.29, 0.717) is 0 Å². The third kappa shape index (κ3) is 4.78. The first-order valence-corrected chi connectivity index (χ1v) is 9.56. The van der Waals surface area contributed by atoms with Crippen LogP contribution >= 0.6 is 0 Å². The van der Waals surface area contributed by atoms with E-state index >= 15 is 0 Å². The molecule has 2 saturated carbocycles. The topological polar surface area (TPSA) is 0 Å². The van der Waals surface area contributed by atoms with Gasteiger partial charge in [-0.05, 0) is 61.2 Å². The monoisotopic (exact) mass is 278 g/mol. The highest BCUT2D eigenvalue weighted by molar-refractivity contribution is 4.78. The van der Waals surface area contributed by atoms with Crippen molar-refractivity contribution in [3.8, 4) is 0 Å². The van der Waals surface area contributed by atoms with Crippen LogP contribution in [0, 0.1) is 35.5 Å². The van der Waals surface area contributed by atoms with Gasteiger partial charge in [0.15, 0.2) is 0 Å². The molecular formula is C20H38. The Hall–Kier alpha value is 0. The van der Waals surface area contributed by atoms with Gasteiger partial charge in [0.05, 0.1) is 0 Å². The Bertz CT molecular complexity index is 221. The molecule has 0 aromatic carbocycles. The van der Waals surface area contributed by atoms with Gasteiger partial charge in [-0.2, -0.15) is 0 Å². The fourth-order valence-corrected chi connectivity index (χ4v) is 4.76. The van der Waals surface area contributed by atoms with E-state index in [0.717, 1.165) is 35.5 Å². The highest BCUT2D eigenvalue weighted by atomic mass is 14.3. The van der Waals surface area contributed by atoms with Gasteiger partial charge in [0, 0.05) is 0 Å². The van der Waals surface area contributed by atoms with Crippen molar-refractivity contribution in [1.82, 2.24) is 0 Å². The summed E-state index contributed by atoms with van der Waals surface area (Å²) >= 11 is 0.